The molecule has 0 unspecified atom stereocenters. The summed E-state index contributed by atoms with van der Waals surface area (Å²) in [6, 6.07) is 0.0827. The van der Waals surface area contributed by atoms with Gasteiger partial charge in [-0.15, -0.1) is 0 Å². The fraction of sp³-hybridized carbons (Fsp3) is 1.00. The predicted molar refractivity (Wildman–Crippen MR) is 98.3 cm³/mol. The molecule has 0 amide bonds. The minimum Gasteiger partial charge on any atom is -0.373 e. The van der Waals surface area contributed by atoms with E-state index in [1.165, 1.54) is 38.5 Å². The van der Waals surface area contributed by atoms with Crippen LogP contribution in [0.4, 0.5) is 0 Å². The maximum absolute atomic E-state index is 13.1. The van der Waals surface area contributed by atoms with Gasteiger partial charge in [0.1, 0.15) is 0 Å². The van der Waals surface area contributed by atoms with Crippen molar-refractivity contribution in [3.63, 3.8) is 0 Å². The van der Waals surface area contributed by atoms with Crippen LogP contribution in [0, 0.1) is 23.2 Å². The number of nitrogens with zero attached hydrogens (tertiary/aromatic N) is 1. The summed E-state index contributed by atoms with van der Waals surface area (Å²) in [5.74, 6) is 2.52. The lowest BCUT2D eigenvalue weighted by atomic mass is 9.47. The van der Waals surface area contributed by atoms with Crippen molar-refractivity contribution < 1.29 is 13.2 Å². The number of rotatable bonds is 5. The second-order valence-corrected chi connectivity index (χ2v) is 11.1. The lowest BCUT2D eigenvalue weighted by Gasteiger charge is -2.59. The largest absolute Gasteiger partial charge is 0.373 e. The zero-order valence-electron chi connectivity index (χ0n) is 15.9. The van der Waals surface area contributed by atoms with Crippen molar-refractivity contribution in [3.8, 4) is 0 Å². The number of morpholine rings is 1. The maximum Gasteiger partial charge on any atom is 0.279 e. The molecule has 1 heterocycles. The Morgan fingerprint density at radius 2 is 1.52 bits per heavy atom. The van der Waals surface area contributed by atoms with Crippen LogP contribution in [0.5, 0.6) is 0 Å². The lowest BCUT2D eigenvalue weighted by molar-refractivity contribution is -0.0714. The van der Waals surface area contributed by atoms with E-state index in [2.05, 4.69) is 11.6 Å². The van der Waals surface area contributed by atoms with E-state index in [9.17, 15) is 8.42 Å². The van der Waals surface area contributed by atoms with Crippen LogP contribution in [0.1, 0.15) is 65.7 Å². The molecule has 3 atom stereocenters. The Kier molecular flexibility index (Phi) is 4.71. The highest BCUT2D eigenvalue weighted by Gasteiger charge is 2.54. The number of hydrogen-bond donors (Lipinski definition) is 1. The molecule has 0 spiro atoms. The van der Waals surface area contributed by atoms with Gasteiger partial charge in [-0.3, -0.25) is 0 Å². The third-order valence-electron chi connectivity index (χ3n) is 7.25. The molecule has 1 aliphatic heterocycles. The van der Waals surface area contributed by atoms with E-state index in [0.29, 0.717) is 13.1 Å². The van der Waals surface area contributed by atoms with Gasteiger partial charge >= 0.3 is 0 Å². The van der Waals surface area contributed by atoms with Gasteiger partial charge in [-0.05, 0) is 82.0 Å². The Bertz CT molecular complexity index is 561. The minimum atomic E-state index is -3.45. The first-order chi connectivity index (χ1) is 11.8. The smallest absolute Gasteiger partial charge is 0.279 e. The Morgan fingerprint density at radius 1 is 1.04 bits per heavy atom. The van der Waals surface area contributed by atoms with Gasteiger partial charge in [-0.1, -0.05) is 6.92 Å². The van der Waals surface area contributed by atoms with Crippen molar-refractivity contribution in [1.82, 2.24) is 9.03 Å². The normalized spacial score (nSPS) is 45.6. The SMILES string of the molecule is CC[C@H](NS(=O)(=O)N1C[C@H](C)O[C@@H](C)C1)C12CC3CC(CC(C3)C1)C2. The molecule has 0 aromatic rings. The first kappa shape index (κ1) is 18.2. The fourth-order valence-corrected chi connectivity index (χ4v) is 8.56. The second-order valence-electron chi connectivity index (χ2n) is 9.44. The summed E-state index contributed by atoms with van der Waals surface area (Å²) in [7, 11) is -3.45. The van der Waals surface area contributed by atoms with Crippen molar-refractivity contribution in [2.24, 2.45) is 23.2 Å². The van der Waals surface area contributed by atoms with Crippen LogP contribution in [0.2, 0.25) is 0 Å². The van der Waals surface area contributed by atoms with Crippen LogP contribution in [-0.4, -0.2) is 44.1 Å². The molecule has 5 fully saturated rings. The van der Waals surface area contributed by atoms with Gasteiger partial charge in [0.25, 0.3) is 10.2 Å². The minimum absolute atomic E-state index is 0.0417. The standard InChI is InChI=1S/C19H34N2O3S/c1-4-18(19-8-15-5-16(9-19)7-17(6-15)10-19)20-25(22,23)21-11-13(2)24-14(3)12-21/h13-18,20H,4-12H2,1-3H3/t13-,14-,15?,16?,17?,18-,19?/m0/s1. The Morgan fingerprint density at radius 3 is 1.96 bits per heavy atom. The van der Waals surface area contributed by atoms with Crippen molar-refractivity contribution in [3.05, 3.63) is 0 Å². The monoisotopic (exact) mass is 370 g/mol. The van der Waals surface area contributed by atoms with Gasteiger partial charge in [0.05, 0.1) is 12.2 Å². The first-order valence-electron chi connectivity index (χ1n) is 10.2. The maximum atomic E-state index is 13.1. The summed E-state index contributed by atoms with van der Waals surface area (Å²) < 4.78 is 36.7. The fourth-order valence-electron chi connectivity index (χ4n) is 6.83. The Balaban J connectivity index is 1.52. The van der Waals surface area contributed by atoms with Crippen molar-refractivity contribution in [2.75, 3.05) is 13.1 Å². The molecule has 0 aromatic heterocycles. The third kappa shape index (κ3) is 3.40. The topological polar surface area (TPSA) is 58.6 Å². The van der Waals surface area contributed by atoms with Gasteiger partial charge in [0.15, 0.2) is 0 Å². The highest BCUT2D eigenvalue weighted by molar-refractivity contribution is 7.87. The first-order valence-corrected chi connectivity index (χ1v) is 11.7. The van der Waals surface area contributed by atoms with Crippen LogP contribution >= 0.6 is 0 Å². The van der Waals surface area contributed by atoms with Crippen LogP contribution < -0.4 is 4.72 Å². The molecule has 5 aliphatic rings. The average molecular weight is 371 g/mol. The molecule has 6 heteroatoms. The Labute approximate surface area is 153 Å². The molecule has 0 aromatic carbocycles. The molecule has 4 bridgehead atoms. The molecule has 25 heavy (non-hydrogen) atoms. The highest BCUT2D eigenvalue weighted by Crippen LogP contribution is 2.61. The summed E-state index contributed by atoms with van der Waals surface area (Å²) in [6.07, 6.45) is 8.67. The summed E-state index contributed by atoms with van der Waals surface area (Å²) >= 11 is 0. The van der Waals surface area contributed by atoms with E-state index < -0.39 is 10.2 Å². The predicted octanol–water partition coefficient (Wildman–Crippen LogP) is 2.93. The highest BCUT2D eigenvalue weighted by atomic mass is 32.2. The Hall–Kier alpha value is -0.170. The molecule has 5 nitrogen and oxygen atoms in total. The average Bonchev–Trinajstić information content (AvgIpc) is 2.50. The van der Waals surface area contributed by atoms with Crippen LogP contribution in [-0.2, 0) is 14.9 Å². The van der Waals surface area contributed by atoms with Crippen molar-refractivity contribution >= 4 is 10.2 Å². The molecule has 1 saturated heterocycles. The summed E-state index contributed by atoms with van der Waals surface area (Å²) in [6.45, 7) is 6.97. The van der Waals surface area contributed by atoms with E-state index in [4.69, 9.17) is 4.74 Å². The van der Waals surface area contributed by atoms with E-state index in [-0.39, 0.29) is 23.7 Å². The van der Waals surface area contributed by atoms with Gasteiger partial charge in [-0.2, -0.15) is 17.4 Å². The molecular weight excluding hydrogens is 336 g/mol. The molecule has 1 N–H and O–H groups in total. The van der Waals surface area contributed by atoms with Crippen molar-refractivity contribution in [1.29, 1.82) is 0 Å². The third-order valence-corrected chi connectivity index (χ3v) is 8.81. The zero-order valence-corrected chi connectivity index (χ0v) is 16.7. The number of ether oxygens (including phenoxy) is 1. The second kappa shape index (κ2) is 6.47. The van der Waals surface area contributed by atoms with E-state index in [1.807, 2.05) is 13.8 Å². The molecule has 4 aliphatic carbocycles. The molecule has 4 saturated carbocycles. The van der Waals surface area contributed by atoms with Crippen LogP contribution in [0.3, 0.4) is 0 Å². The molecule has 0 radical (unpaired) electrons. The zero-order chi connectivity index (χ0) is 17.8. The van der Waals surface area contributed by atoms with Crippen molar-refractivity contribution in [2.45, 2.75) is 84.0 Å². The molecule has 5 rings (SSSR count). The van der Waals surface area contributed by atoms with Crippen LogP contribution in [0.25, 0.3) is 0 Å². The van der Waals surface area contributed by atoms with E-state index in [1.54, 1.807) is 4.31 Å². The van der Waals surface area contributed by atoms with Gasteiger partial charge in [-0.25, -0.2) is 0 Å². The number of hydrogen-bond acceptors (Lipinski definition) is 3. The summed E-state index contributed by atoms with van der Waals surface area (Å²) in [5, 5.41) is 0. The van der Waals surface area contributed by atoms with Crippen LogP contribution in [0.15, 0.2) is 0 Å². The van der Waals surface area contributed by atoms with Gasteiger partial charge in [0.2, 0.25) is 0 Å². The molecule has 144 valence electrons. The quantitative estimate of drug-likeness (QED) is 0.809. The number of nitrogens with one attached hydrogen (secondary N) is 1. The summed E-state index contributed by atoms with van der Waals surface area (Å²) in [4.78, 5) is 0. The van der Waals surface area contributed by atoms with E-state index >= 15 is 0 Å². The summed E-state index contributed by atoms with van der Waals surface area (Å²) in [5.41, 5.74) is 0.208. The van der Waals surface area contributed by atoms with Gasteiger partial charge < -0.3 is 4.74 Å². The van der Waals surface area contributed by atoms with Gasteiger partial charge in [0, 0.05) is 19.1 Å². The lowest BCUT2D eigenvalue weighted by Crippen LogP contribution is -2.60. The molecular formula is C19H34N2O3S. The van der Waals surface area contributed by atoms with E-state index in [0.717, 1.165) is 24.2 Å².